The molecular formula is C22H24N4O2. The Morgan fingerprint density at radius 3 is 2.82 bits per heavy atom. The van der Waals surface area contributed by atoms with Crippen molar-refractivity contribution < 1.29 is 4.42 Å². The minimum Gasteiger partial charge on any atom is -0.422 e. The Balaban J connectivity index is 1.70. The average Bonchev–Trinajstić information content (AvgIpc) is 3.08. The van der Waals surface area contributed by atoms with Gasteiger partial charge >= 0.3 is 5.63 Å². The first-order valence-electron chi connectivity index (χ1n) is 9.66. The molecule has 0 saturated carbocycles. The zero-order valence-corrected chi connectivity index (χ0v) is 16.5. The number of rotatable bonds is 6. The van der Waals surface area contributed by atoms with Crippen molar-refractivity contribution in [3.05, 3.63) is 64.0 Å². The molecule has 0 aliphatic rings. The minimum atomic E-state index is -0.372. The van der Waals surface area contributed by atoms with Gasteiger partial charge in [0, 0.05) is 17.8 Å². The van der Waals surface area contributed by atoms with E-state index in [1.54, 1.807) is 0 Å². The van der Waals surface area contributed by atoms with Crippen LogP contribution in [0.15, 0.2) is 45.9 Å². The van der Waals surface area contributed by atoms with Gasteiger partial charge in [0.2, 0.25) is 0 Å². The van der Waals surface area contributed by atoms with Crippen molar-refractivity contribution in [2.45, 2.75) is 33.6 Å². The van der Waals surface area contributed by atoms with E-state index in [-0.39, 0.29) is 5.63 Å². The SMILES string of the molecule is CCNCCCc1ccc2cc(-c3cn4cc(C)nc(C)c4n3)c(=O)oc2c1. The number of nitrogens with one attached hydrogen (secondary N) is 1. The van der Waals surface area contributed by atoms with Gasteiger partial charge in [-0.1, -0.05) is 19.1 Å². The zero-order chi connectivity index (χ0) is 19.7. The molecule has 0 saturated heterocycles. The number of nitrogens with zero attached hydrogens (tertiary/aromatic N) is 3. The molecule has 1 aromatic carbocycles. The highest BCUT2D eigenvalue weighted by molar-refractivity contribution is 5.81. The molecule has 0 fully saturated rings. The molecular weight excluding hydrogens is 352 g/mol. The summed E-state index contributed by atoms with van der Waals surface area (Å²) in [7, 11) is 0. The number of hydrogen-bond acceptors (Lipinski definition) is 5. The smallest absolute Gasteiger partial charge is 0.345 e. The zero-order valence-electron chi connectivity index (χ0n) is 16.5. The normalized spacial score (nSPS) is 11.5. The molecule has 6 nitrogen and oxygen atoms in total. The Bertz CT molecular complexity index is 1210. The van der Waals surface area contributed by atoms with E-state index in [1.807, 2.05) is 48.8 Å². The van der Waals surface area contributed by atoms with Crippen molar-refractivity contribution in [2.75, 3.05) is 13.1 Å². The van der Waals surface area contributed by atoms with Crippen LogP contribution < -0.4 is 10.9 Å². The number of hydrogen-bond donors (Lipinski definition) is 1. The van der Waals surface area contributed by atoms with Gasteiger partial charge in [0.25, 0.3) is 0 Å². The third-order valence-corrected chi connectivity index (χ3v) is 4.87. The second-order valence-corrected chi connectivity index (χ2v) is 7.10. The van der Waals surface area contributed by atoms with Crippen LogP contribution >= 0.6 is 0 Å². The van der Waals surface area contributed by atoms with Crippen molar-refractivity contribution in [1.29, 1.82) is 0 Å². The van der Waals surface area contributed by atoms with E-state index < -0.39 is 0 Å². The first-order chi connectivity index (χ1) is 13.5. The van der Waals surface area contributed by atoms with Crippen LogP contribution in [-0.4, -0.2) is 27.5 Å². The molecule has 144 valence electrons. The van der Waals surface area contributed by atoms with Gasteiger partial charge in [-0.05, 0) is 57.5 Å². The standard InChI is InChI=1S/C22H24N4O2/c1-4-23-9-5-6-16-7-8-17-11-18(22(27)28-20(17)10-16)19-13-26-12-14(2)24-15(3)21(26)25-19/h7-8,10-13,23H,4-6,9H2,1-3H3. The average molecular weight is 376 g/mol. The van der Waals surface area contributed by atoms with E-state index >= 15 is 0 Å². The lowest BCUT2D eigenvalue weighted by Crippen LogP contribution is -2.14. The quantitative estimate of drug-likeness (QED) is 0.411. The van der Waals surface area contributed by atoms with Crippen molar-refractivity contribution in [2.24, 2.45) is 0 Å². The highest BCUT2D eigenvalue weighted by Gasteiger charge is 2.13. The molecule has 0 unspecified atom stereocenters. The summed E-state index contributed by atoms with van der Waals surface area (Å²) in [6.45, 7) is 7.92. The van der Waals surface area contributed by atoms with Crippen LogP contribution in [-0.2, 0) is 6.42 Å². The summed E-state index contributed by atoms with van der Waals surface area (Å²) in [5.74, 6) is 0. The Kier molecular flexibility index (Phi) is 4.96. The predicted octanol–water partition coefficient (Wildman–Crippen LogP) is 3.66. The van der Waals surface area contributed by atoms with Crippen LogP contribution in [0.25, 0.3) is 27.9 Å². The van der Waals surface area contributed by atoms with Crippen molar-refractivity contribution >= 4 is 16.6 Å². The number of imidazole rings is 1. The third-order valence-electron chi connectivity index (χ3n) is 4.87. The van der Waals surface area contributed by atoms with Gasteiger partial charge in [0.1, 0.15) is 5.58 Å². The molecule has 4 aromatic rings. The molecule has 28 heavy (non-hydrogen) atoms. The highest BCUT2D eigenvalue weighted by atomic mass is 16.4. The third kappa shape index (κ3) is 3.55. The molecule has 0 aliphatic carbocycles. The fourth-order valence-electron chi connectivity index (χ4n) is 3.52. The summed E-state index contributed by atoms with van der Waals surface area (Å²) in [6.07, 6.45) is 5.76. The van der Waals surface area contributed by atoms with Gasteiger partial charge in [0.05, 0.1) is 22.6 Å². The number of benzene rings is 1. The second-order valence-electron chi connectivity index (χ2n) is 7.10. The number of aromatic nitrogens is 3. The predicted molar refractivity (Wildman–Crippen MR) is 111 cm³/mol. The summed E-state index contributed by atoms with van der Waals surface area (Å²) in [5, 5.41) is 4.22. The summed E-state index contributed by atoms with van der Waals surface area (Å²) in [4.78, 5) is 21.7. The molecule has 0 atom stereocenters. The van der Waals surface area contributed by atoms with Gasteiger partial charge in [-0.15, -0.1) is 0 Å². The number of aryl methyl sites for hydroxylation is 3. The van der Waals surface area contributed by atoms with Gasteiger partial charge in [-0.25, -0.2) is 9.78 Å². The molecule has 6 heteroatoms. The molecule has 0 aliphatic heterocycles. The van der Waals surface area contributed by atoms with Gasteiger partial charge in [-0.3, -0.25) is 4.98 Å². The van der Waals surface area contributed by atoms with Crippen LogP contribution in [0.4, 0.5) is 0 Å². The van der Waals surface area contributed by atoms with Crippen LogP contribution in [0, 0.1) is 13.8 Å². The largest absolute Gasteiger partial charge is 0.422 e. The summed E-state index contributed by atoms with van der Waals surface area (Å²) < 4.78 is 7.54. The topological polar surface area (TPSA) is 72.4 Å². The van der Waals surface area contributed by atoms with Crippen LogP contribution in [0.3, 0.4) is 0 Å². The molecule has 0 amide bonds. The summed E-state index contributed by atoms with van der Waals surface area (Å²) in [5.41, 5.74) is 4.96. The van der Waals surface area contributed by atoms with Crippen molar-refractivity contribution in [1.82, 2.24) is 19.7 Å². The van der Waals surface area contributed by atoms with Gasteiger partial charge in [0.15, 0.2) is 5.65 Å². The molecule has 4 rings (SSSR count). The Morgan fingerprint density at radius 1 is 1.14 bits per heavy atom. The Labute approximate surface area is 163 Å². The van der Waals surface area contributed by atoms with E-state index in [4.69, 9.17) is 4.42 Å². The minimum absolute atomic E-state index is 0.372. The van der Waals surface area contributed by atoms with Crippen LogP contribution in [0.2, 0.25) is 0 Å². The van der Waals surface area contributed by atoms with E-state index in [0.717, 1.165) is 48.4 Å². The monoisotopic (exact) mass is 376 g/mol. The number of fused-ring (bicyclic) bond motifs is 2. The highest BCUT2D eigenvalue weighted by Crippen LogP contribution is 2.23. The lowest BCUT2D eigenvalue weighted by Gasteiger charge is -2.05. The van der Waals surface area contributed by atoms with Crippen molar-refractivity contribution in [3.8, 4) is 11.3 Å². The maximum atomic E-state index is 12.6. The summed E-state index contributed by atoms with van der Waals surface area (Å²) in [6, 6.07) is 7.94. The van der Waals surface area contributed by atoms with Gasteiger partial charge < -0.3 is 14.1 Å². The maximum absolute atomic E-state index is 12.6. The lowest BCUT2D eigenvalue weighted by atomic mass is 10.1. The molecule has 0 bridgehead atoms. The molecule has 3 heterocycles. The molecule has 0 radical (unpaired) electrons. The first kappa shape index (κ1) is 18.4. The van der Waals surface area contributed by atoms with E-state index in [2.05, 4.69) is 28.3 Å². The van der Waals surface area contributed by atoms with Crippen molar-refractivity contribution in [3.63, 3.8) is 0 Å². The van der Waals surface area contributed by atoms with Crippen LogP contribution in [0.1, 0.15) is 30.3 Å². The maximum Gasteiger partial charge on any atom is 0.345 e. The second kappa shape index (κ2) is 7.56. The van der Waals surface area contributed by atoms with Crippen LogP contribution in [0.5, 0.6) is 0 Å². The first-order valence-corrected chi connectivity index (χ1v) is 9.66. The Hall–Kier alpha value is -2.99. The van der Waals surface area contributed by atoms with E-state index in [1.165, 1.54) is 5.56 Å². The Morgan fingerprint density at radius 2 is 2.00 bits per heavy atom. The van der Waals surface area contributed by atoms with E-state index in [9.17, 15) is 4.79 Å². The molecule has 1 N–H and O–H groups in total. The fourth-order valence-corrected chi connectivity index (χ4v) is 3.52. The fraction of sp³-hybridized carbons (Fsp3) is 0.318. The van der Waals surface area contributed by atoms with Gasteiger partial charge in [-0.2, -0.15) is 0 Å². The lowest BCUT2D eigenvalue weighted by molar-refractivity contribution is 0.562. The van der Waals surface area contributed by atoms with E-state index in [0.29, 0.717) is 16.8 Å². The molecule has 3 aromatic heterocycles. The molecule has 0 spiro atoms. The summed E-state index contributed by atoms with van der Waals surface area (Å²) >= 11 is 0.